The van der Waals surface area contributed by atoms with Gasteiger partial charge in [-0.15, -0.1) is 23.1 Å². The fourth-order valence-corrected chi connectivity index (χ4v) is 5.08. The van der Waals surface area contributed by atoms with E-state index in [-0.39, 0.29) is 17.6 Å². The third kappa shape index (κ3) is 6.45. The summed E-state index contributed by atoms with van der Waals surface area (Å²) in [6.45, 7) is 0. The molecule has 0 aliphatic heterocycles. The maximum atomic E-state index is 12.9. The third-order valence-electron chi connectivity index (χ3n) is 5.01. The van der Waals surface area contributed by atoms with Gasteiger partial charge in [0.2, 0.25) is 5.91 Å². The standard InChI is InChI=1S/C26H22BrN3O4S2/c1-33-21-7-4-8-22(34-2)24(21)25(32)28-18-5-3-6-19(13-18)35-15-23(31)30-26-29-20(14-36-26)16-9-11-17(27)12-10-16/h3-14H,15H2,1-2H3,(H,28,32)(H,29,30,31). The number of nitrogens with one attached hydrogen (secondary N) is 2. The molecule has 36 heavy (non-hydrogen) atoms. The van der Waals surface area contributed by atoms with Crippen molar-refractivity contribution in [3.63, 3.8) is 0 Å². The highest BCUT2D eigenvalue weighted by atomic mass is 79.9. The fourth-order valence-electron chi connectivity index (χ4n) is 3.32. The Bertz CT molecular complexity index is 1350. The Morgan fingerprint density at radius 3 is 2.36 bits per heavy atom. The van der Waals surface area contributed by atoms with Crippen LogP contribution in [0.15, 0.2) is 81.5 Å². The summed E-state index contributed by atoms with van der Waals surface area (Å²) in [5.41, 5.74) is 2.70. The van der Waals surface area contributed by atoms with Crippen molar-refractivity contribution >= 4 is 61.7 Å². The zero-order chi connectivity index (χ0) is 25.5. The number of thiazole rings is 1. The van der Waals surface area contributed by atoms with Gasteiger partial charge in [0.05, 0.1) is 25.7 Å². The number of aromatic nitrogens is 1. The molecule has 184 valence electrons. The SMILES string of the molecule is COc1cccc(OC)c1C(=O)Nc1cccc(SCC(=O)Nc2nc(-c3ccc(Br)cc3)cs2)c1. The van der Waals surface area contributed by atoms with Gasteiger partial charge in [-0.25, -0.2) is 4.98 Å². The molecule has 0 unspecified atom stereocenters. The summed E-state index contributed by atoms with van der Waals surface area (Å²) < 4.78 is 11.6. The number of amides is 2. The van der Waals surface area contributed by atoms with Crippen LogP contribution in [0.1, 0.15) is 10.4 Å². The van der Waals surface area contributed by atoms with E-state index in [1.54, 1.807) is 24.3 Å². The maximum absolute atomic E-state index is 12.9. The van der Waals surface area contributed by atoms with Gasteiger partial charge in [0.15, 0.2) is 5.13 Å². The maximum Gasteiger partial charge on any atom is 0.263 e. The van der Waals surface area contributed by atoms with Crippen LogP contribution < -0.4 is 20.1 Å². The van der Waals surface area contributed by atoms with Gasteiger partial charge in [-0.05, 0) is 42.5 Å². The van der Waals surface area contributed by atoms with E-state index in [9.17, 15) is 9.59 Å². The molecule has 0 radical (unpaired) electrons. The van der Waals surface area contributed by atoms with E-state index in [0.717, 1.165) is 20.6 Å². The van der Waals surface area contributed by atoms with E-state index >= 15 is 0 Å². The number of anilines is 2. The van der Waals surface area contributed by atoms with E-state index in [4.69, 9.17) is 9.47 Å². The minimum absolute atomic E-state index is 0.162. The first-order valence-electron chi connectivity index (χ1n) is 10.7. The number of carbonyl (C=O) groups is 2. The minimum atomic E-state index is -0.352. The summed E-state index contributed by atoms with van der Waals surface area (Å²) in [6.07, 6.45) is 0. The van der Waals surface area contributed by atoms with Gasteiger partial charge in [0.25, 0.3) is 5.91 Å². The lowest BCUT2D eigenvalue weighted by Crippen LogP contribution is -2.15. The first-order valence-corrected chi connectivity index (χ1v) is 13.4. The molecule has 0 bridgehead atoms. The van der Waals surface area contributed by atoms with Gasteiger partial charge < -0.3 is 20.1 Å². The van der Waals surface area contributed by atoms with Gasteiger partial charge in [0.1, 0.15) is 17.1 Å². The molecule has 0 spiro atoms. The molecule has 3 aromatic carbocycles. The Hall–Kier alpha value is -3.34. The van der Waals surface area contributed by atoms with Crippen molar-refractivity contribution in [3.05, 3.63) is 82.1 Å². The summed E-state index contributed by atoms with van der Waals surface area (Å²) >= 11 is 6.17. The Labute approximate surface area is 225 Å². The van der Waals surface area contributed by atoms with E-state index in [1.807, 2.05) is 47.8 Å². The van der Waals surface area contributed by atoms with E-state index < -0.39 is 0 Å². The largest absolute Gasteiger partial charge is 0.496 e. The number of thioether (sulfide) groups is 1. The van der Waals surface area contributed by atoms with E-state index in [0.29, 0.717) is 27.9 Å². The molecule has 7 nitrogen and oxygen atoms in total. The smallest absolute Gasteiger partial charge is 0.263 e. The molecule has 2 amide bonds. The quantitative estimate of drug-likeness (QED) is 0.216. The highest BCUT2D eigenvalue weighted by Gasteiger charge is 2.18. The van der Waals surface area contributed by atoms with Crippen LogP contribution in [0.4, 0.5) is 10.8 Å². The molecule has 10 heteroatoms. The first-order chi connectivity index (χ1) is 17.5. The van der Waals surface area contributed by atoms with Crippen molar-refractivity contribution < 1.29 is 19.1 Å². The van der Waals surface area contributed by atoms with Gasteiger partial charge >= 0.3 is 0 Å². The zero-order valence-corrected chi connectivity index (χ0v) is 22.6. The van der Waals surface area contributed by atoms with Crippen LogP contribution >= 0.6 is 39.0 Å². The molecule has 1 aromatic heterocycles. The molecule has 0 atom stereocenters. The molecule has 0 fully saturated rings. The summed E-state index contributed by atoms with van der Waals surface area (Å²) in [5, 5.41) is 8.18. The molecule has 0 saturated heterocycles. The molecular formula is C26H22BrN3O4S2. The van der Waals surface area contributed by atoms with Crippen LogP contribution in [0, 0.1) is 0 Å². The van der Waals surface area contributed by atoms with Gasteiger partial charge in [0, 0.05) is 26.0 Å². The third-order valence-corrected chi connectivity index (χ3v) is 7.29. The number of nitrogens with zero attached hydrogens (tertiary/aromatic N) is 1. The van der Waals surface area contributed by atoms with Gasteiger partial charge in [-0.2, -0.15) is 0 Å². The molecule has 0 aliphatic rings. The van der Waals surface area contributed by atoms with Crippen LogP contribution in [0.3, 0.4) is 0 Å². The lowest BCUT2D eigenvalue weighted by Gasteiger charge is -2.13. The summed E-state index contributed by atoms with van der Waals surface area (Å²) in [7, 11) is 3.00. The number of halogens is 1. The highest BCUT2D eigenvalue weighted by molar-refractivity contribution is 9.10. The van der Waals surface area contributed by atoms with E-state index in [1.165, 1.54) is 37.3 Å². The Morgan fingerprint density at radius 2 is 1.67 bits per heavy atom. The average molecular weight is 585 g/mol. The summed E-state index contributed by atoms with van der Waals surface area (Å²) in [6, 6.07) is 20.3. The van der Waals surface area contributed by atoms with Crippen LogP contribution in [0.25, 0.3) is 11.3 Å². The number of rotatable bonds is 9. The normalized spacial score (nSPS) is 10.5. The fraction of sp³-hybridized carbons (Fsp3) is 0.115. The molecule has 0 aliphatic carbocycles. The average Bonchev–Trinajstić information content (AvgIpc) is 3.35. The summed E-state index contributed by atoms with van der Waals surface area (Å²) in [4.78, 5) is 30.8. The summed E-state index contributed by atoms with van der Waals surface area (Å²) in [5.74, 6) is 0.517. The molecule has 4 rings (SSSR count). The predicted octanol–water partition coefficient (Wildman–Crippen LogP) is 6.57. The second-order valence-corrected chi connectivity index (χ2v) is 10.2. The van der Waals surface area contributed by atoms with Crippen LogP contribution in [0.5, 0.6) is 11.5 Å². The predicted molar refractivity (Wildman–Crippen MR) is 149 cm³/mol. The number of hydrogen-bond donors (Lipinski definition) is 2. The second kappa shape index (κ2) is 12.1. The van der Waals surface area contributed by atoms with Crippen LogP contribution in [-0.4, -0.2) is 36.8 Å². The van der Waals surface area contributed by atoms with Gasteiger partial charge in [-0.1, -0.05) is 40.2 Å². The molecule has 4 aromatic rings. The van der Waals surface area contributed by atoms with Crippen molar-refractivity contribution in [1.82, 2.24) is 4.98 Å². The number of hydrogen-bond acceptors (Lipinski definition) is 7. The van der Waals surface area contributed by atoms with Crippen molar-refractivity contribution in [2.75, 3.05) is 30.6 Å². The van der Waals surface area contributed by atoms with E-state index in [2.05, 4.69) is 31.5 Å². The number of ether oxygens (including phenoxy) is 2. The Morgan fingerprint density at radius 1 is 0.972 bits per heavy atom. The Kier molecular flexibility index (Phi) is 8.63. The number of benzene rings is 3. The molecule has 0 saturated carbocycles. The topological polar surface area (TPSA) is 89.5 Å². The molecule has 2 N–H and O–H groups in total. The van der Waals surface area contributed by atoms with Crippen molar-refractivity contribution in [1.29, 1.82) is 0 Å². The molecule has 1 heterocycles. The zero-order valence-electron chi connectivity index (χ0n) is 19.4. The Balaban J connectivity index is 1.35. The van der Waals surface area contributed by atoms with Crippen molar-refractivity contribution in [3.8, 4) is 22.8 Å². The molecular weight excluding hydrogens is 562 g/mol. The van der Waals surface area contributed by atoms with Crippen LogP contribution in [0.2, 0.25) is 0 Å². The van der Waals surface area contributed by atoms with Gasteiger partial charge in [-0.3, -0.25) is 9.59 Å². The van der Waals surface area contributed by atoms with Crippen molar-refractivity contribution in [2.24, 2.45) is 0 Å². The lowest BCUT2D eigenvalue weighted by molar-refractivity contribution is -0.113. The monoisotopic (exact) mass is 583 g/mol. The van der Waals surface area contributed by atoms with Crippen LogP contribution in [-0.2, 0) is 4.79 Å². The second-order valence-electron chi connectivity index (χ2n) is 7.40. The first kappa shape index (κ1) is 25.7. The highest BCUT2D eigenvalue weighted by Crippen LogP contribution is 2.30. The number of methoxy groups -OCH3 is 2. The minimum Gasteiger partial charge on any atom is -0.496 e. The van der Waals surface area contributed by atoms with Crippen molar-refractivity contribution in [2.45, 2.75) is 4.90 Å². The number of carbonyl (C=O) groups excluding carboxylic acids is 2. The lowest BCUT2D eigenvalue weighted by atomic mass is 10.1.